The Balaban J connectivity index is 1.19. The molecule has 3 saturated carbocycles. The molecule has 3 aliphatic carbocycles. The van der Waals surface area contributed by atoms with Crippen molar-refractivity contribution in [1.29, 1.82) is 0 Å². The minimum atomic E-state index is -0.656. The van der Waals surface area contributed by atoms with E-state index in [0.29, 0.717) is 36.7 Å². The van der Waals surface area contributed by atoms with Crippen molar-refractivity contribution in [1.82, 2.24) is 19.9 Å². The largest absolute Gasteiger partial charge is 0.481 e. The van der Waals surface area contributed by atoms with Crippen LogP contribution in [-0.2, 0) is 4.79 Å². The lowest BCUT2D eigenvalue weighted by atomic mass is 9.58. The second-order valence-corrected chi connectivity index (χ2v) is 10.1. The van der Waals surface area contributed by atoms with Crippen molar-refractivity contribution >= 4 is 17.1 Å². The number of H-pyrrole nitrogens is 1. The molecule has 8 heteroatoms. The Hall–Kier alpha value is -3.94. The highest BCUT2D eigenvalue weighted by molar-refractivity contribution is 5.78. The van der Waals surface area contributed by atoms with Gasteiger partial charge in [-0.05, 0) is 68.7 Å². The van der Waals surface area contributed by atoms with E-state index in [1.807, 2.05) is 30.5 Å². The molecule has 2 bridgehead atoms. The van der Waals surface area contributed by atoms with Crippen molar-refractivity contribution in [3.63, 3.8) is 0 Å². The maximum Gasteiger partial charge on any atom is 0.309 e. The Morgan fingerprint density at radius 3 is 2.31 bits per heavy atom. The van der Waals surface area contributed by atoms with Gasteiger partial charge in [0.25, 0.3) is 0 Å². The van der Waals surface area contributed by atoms with E-state index in [9.17, 15) is 9.90 Å². The topological polar surface area (TPSA) is 110 Å². The van der Waals surface area contributed by atoms with Gasteiger partial charge < -0.3 is 19.6 Å². The average Bonchev–Trinajstić information content (AvgIpc) is 3.33. The minimum absolute atomic E-state index is 0.282. The van der Waals surface area contributed by atoms with E-state index in [1.165, 1.54) is 0 Å². The molecule has 3 fully saturated rings. The molecule has 0 spiro atoms. The quantitative estimate of drug-likeness (QED) is 0.369. The number of hydrogen-bond donors (Lipinski definition) is 2. The number of ether oxygens (including phenoxy) is 2. The molecule has 0 radical (unpaired) electrons. The Labute approximate surface area is 208 Å². The Bertz CT molecular complexity index is 1440. The van der Waals surface area contributed by atoms with Gasteiger partial charge >= 0.3 is 5.97 Å². The Morgan fingerprint density at radius 1 is 0.944 bits per heavy atom. The molecular formula is C28H28N4O4. The third-order valence-electron chi connectivity index (χ3n) is 8.03. The first-order chi connectivity index (χ1) is 17.4. The summed E-state index contributed by atoms with van der Waals surface area (Å²) in [7, 11) is 1.59. The van der Waals surface area contributed by atoms with Crippen LogP contribution in [0.5, 0.6) is 11.8 Å². The van der Waals surface area contributed by atoms with Gasteiger partial charge in [-0.1, -0.05) is 18.2 Å². The summed E-state index contributed by atoms with van der Waals surface area (Å²) in [4.78, 5) is 28.7. The van der Waals surface area contributed by atoms with Gasteiger partial charge in [0.05, 0.1) is 18.0 Å². The molecule has 0 atom stereocenters. The summed E-state index contributed by atoms with van der Waals surface area (Å²) in [6.07, 6.45) is 6.20. The zero-order valence-electron chi connectivity index (χ0n) is 20.4. The molecule has 4 aromatic rings. The maximum atomic E-state index is 11.7. The lowest BCUT2D eigenvalue weighted by Gasteiger charge is -2.50. The highest BCUT2D eigenvalue weighted by atomic mass is 16.5. The molecule has 36 heavy (non-hydrogen) atoms. The van der Waals surface area contributed by atoms with Crippen LogP contribution >= 0.6 is 0 Å². The molecule has 3 heterocycles. The number of carbonyl (C=O) groups is 1. The van der Waals surface area contributed by atoms with Crippen molar-refractivity contribution in [3.05, 3.63) is 54.2 Å². The number of carboxylic acid groups (broad SMARTS) is 1. The van der Waals surface area contributed by atoms with Crippen molar-refractivity contribution in [2.45, 2.75) is 51.0 Å². The van der Waals surface area contributed by atoms with Crippen LogP contribution in [0, 0.1) is 12.3 Å². The van der Waals surface area contributed by atoms with E-state index < -0.39 is 11.4 Å². The predicted molar refractivity (Wildman–Crippen MR) is 135 cm³/mol. The predicted octanol–water partition coefficient (Wildman–Crippen LogP) is 5.56. The number of imidazole rings is 1. The normalized spacial score (nSPS) is 23.1. The highest BCUT2D eigenvalue weighted by Crippen LogP contribution is 2.53. The first-order valence-electron chi connectivity index (χ1n) is 12.3. The molecule has 3 aromatic heterocycles. The molecule has 0 saturated heterocycles. The summed E-state index contributed by atoms with van der Waals surface area (Å²) in [6, 6.07) is 13.9. The first-order valence-corrected chi connectivity index (χ1v) is 12.3. The number of aliphatic carboxylic acids is 1. The van der Waals surface area contributed by atoms with Crippen LogP contribution in [0.4, 0.5) is 0 Å². The van der Waals surface area contributed by atoms with Crippen LogP contribution in [-0.4, -0.2) is 43.7 Å². The zero-order chi connectivity index (χ0) is 24.9. The van der Waals surface area contributed by atoms with Gasteiger partial charge in [-0.3, -0.25) is 4.79 Å². The standard InChI is InChI=1S/C28H28N4O4/c1-17-15-18(3-5-20(17)24-30-21-6-8-23(35-2)31-25(21)32-24)19-4-7-22(29-16-19)36-28-12-9-27(10-13-28,11-14-28)26(33)34/h3-8,15-16H,9-14H2,1-2H3,(H,33,34)(H,30,31,32). The van der Waals surface area contributed by atoms with E-state index in [4.69, 9.17) is 9.47 Å². The monoisotopic (exact) mass is 484 g/mol. The molecule has 0 amide bonds. The van der Waals surface area contributed by atoms with Gasteiger partial charge in [0.2, 0.25) is 11.8 Å². The molecule has 1 aromatic carbocycles. The molecular weight excluding hydrogens is 456 g/mol. The van der Waals surface area contributed by atoms with Gasteiger partial charge in [-0.2, -0.15) is 4.98 Å². The third-order valence-corrected chi connectivity index (χ3v) is 8.03. The summed E-state index contributed by atoms with van der Waals surface area (Å²) < 4.78 is 11.6. The summed E-state index contributed by atoms with van der Waals surface area (Å²) in [5, 5.41) is 9.61. The van der Waals surface area contributed by atoms with Crippen LogP contribution in [0.2, 0.25) is 0 Å². The number of rotatable bonds is 6. The zero-order valence-corrected chi connectivity index (χ0v) is 20.4. The highest BCUT2D eigenvalue weighted by Gasteiger charge is 2.54. The number of methoxy groups -OCH3 is 1. The summed E-state index contributed by atoms with van der Waals surface area (Å²) >= 11 is 0. The molecule has 0 unspecified atom stereocenters. The van der Waals surface area contributed by atoms with Crippen molar-refractivity contribution in [3.8, 4) is 34.3 Å². The third kappa shape index (κ3) is 3.77. The molecule has 0 aliphatic heterocycles. The van der Waals surface area contributed by atoms with E-state index in [2.05, 4.69) is 45.1 Å². The van der Waals surface area contributed by atoms with Gasteiger partial charge in [0.15, 0.2) is 5.65 Å². The van der Waals surface area contributed by atoms with Crippen LogP contribution in [0.3, 0.4) is 0 Å². The van der Waals surface area contributed by atoms with Crippen LogP contribution in [0.1, 0.15) is 44.1 Å². The lowest BCUT2D eigenvalue weighted by molar-refractivity contribution is -0.162. The lowest BCUT2D eigenvalue weighted by Crippen LogP contribution is -2.52. The number of aromatic nitrogens is 4. The number of aryl methyl sites for hydroxylation is 1. The Kier molecular flexibility index (Phi) is 5.21. The summed E-state index contributed by atoms with van der Waals surface area (Å²) in [5.74, 6) is 1.24. The van der Waals surface area contributed by atoms with Crippen LogP contribution in [0.15, 0.2) is 48.7 Å². The van der Waals surface area contributed by atoms with Gasteiger partial charge in [0, 0.05) is 29.5 Å². The number of pyridine rings is 2. The Morgan fingerprint density at radius 2 is 1.67 bits per heavy atom. The smallest absolute Gasteiger partial charge is 0.309 e. The van der Waals surface area contributed by atoms with Gasteiger partial charge in [-0.25, -0.2) is 9.97 Å². The second-order valence-electron chi connectivity index (χ2n) is 10.1. The van der Waals surface area contributed by atoms with Gasteiger partial charge in [-0.15, -0.1) is 0 Å². The fourth-order valence-corrected chi connectivity index (χ4v) is 5.68. The number of carboxylic acids is 1. The van der Waals surface area contributed by atoms with E-state index in [0.717, 1.165) is 52.9 Å². The maximum absolute atomic E-state index is 11.7. The molecule has 8 nitrogen and oxygen atoms in total. The van der Waals surface area contributed by atoms with Crippen molar-refractivity contribution in [2.75, 3.05) is 7.11 Å². The summed E-state index contributed by atoms with van der Waals surface area (Å²) in [5.41, 5.74) is 4.82. The molecule has 2 N–H and O–H groups in total. The first kappa shape index (κ1) is 22.5. The van der Waals surface area contributed by atoms with Gasteiger partial charge in [0.1, 0.15) is 11.4 Å². The van der Waals surface area contributed by atoms with E-state index >= 15 is 0 Å². The number of nitrogens with zero attached hydrogens (tertiary/aromatic N) is 3. The van der Waals surface area contributed by atoms with E-state index in [1.54, 1.807) is 7.11 Å². The SMILES string of the molecule is COc1ccc2[nH]c(-c3ccc(-c4ccc(OC56CCC(C(=O)O)(CC5)CC6)nc4)cc3C)nc2n1. The number of fused-ring (bicyclic) bond motifs is 4. The number of hydrogen-bond acceptors (Lipinski definition) is 6. The molecule has 3 aliphatic rings. The molecule has 7 rings (SSSR count). The number of nitrogens with one attached hydrogen (secondary N) is 1. The van der Waals surface area contributed by atoms with Crippen LogP contribution in [0.25, 0.3) is 33.7 Å². The van der Waals surface area contributed by atoms with E-state index in [-0.39, 0.29) is 5.60 Å². The average molecular weight is 485 g/mol. The van der Waals surface area contributed by atoms with Crippen molar-refractivity contribution in [2.24, 2.45) is 5.41 Å². The fraction of sp³-hybridized carbons (Fsp3) is 0.357. The number of aromatic amines is 1. The fourth-order valence-electron chi connectivity index (χ4n) is 5.68. The number of benzene rings is 1. The molecule has 184 valence electrons. The van der Waals surface area contributed by atoms with Crippen molar-refractivity contribution < 1.29 is 19.4 Å². The summed E-state index contributed by atoms with van der Waals surface area (Å²) in [6.45, 7) is 2.06. The second kappa shape index (κ2) is 8.33. The van der Waals surface area contributed by atoms with Crippen LogP contribution < -0.4 is 9.47 Å². The minimum Gasteiger partial charge on any atom is -0.481 e.